The van der Waals surface area contributed by atoms with E-state index in [1.165, 1.54) is 4.90 Å². The largest absolute Gasteiger partial charge is 0.497 e. The van der Waals surface area contributed by atoms with Crippen LogP contribution in [0.1, 0.15) is 13.3 Å². The Morgan fingerprint density at radius 2 is 1.59 bits per heavy atom. The average molecular weight is 505 g/mol. The zero-order valence-corrected chi connectivity index (χ0v) is 20.6. The molecule has 1 aliphatic heterocycles. The Labute approximate surface area is 214 Å². The average Bonchev–Trinajstić information content (AvgIpc) is 3.31. The highest BCUT2D eigenvalue weighted by Gasteiger charge is 2.36. The van der Waals surface area contributed by atoms with Crippen molar-refractivity contribution in [1.82, 2.24) is 0 Å². The van der Waals surface area contributed by atoms with E-state index in [0.717, 1.165) is 5.75 Å². The van der Waals surface area contributed by atoms with Gasteiger partial charge in [-0.25, -0.2) is 0 Å². The summed E-state index contributed by atoms with van der Waals surface area (Å²) >= 11 is 0. The van der Waals surface area contributed by atoms with E-state index >= 15 is 0 Å². The Bertz CT molecular complexity index is 1240. The molecule has 0 unspecified atom stereocenters. The molecule has 192 valence electrons. The van der Waals surface area contributed by atoms with Crippen LogP contribution >= 0.6 is 0 Å². The van der Waals surface area contributed by atoms with Crippen molar-refractivity contribution in [2.24, 2.45) is 5.92 Å². The quantitative estimate of drug-likeness (QED) is 0.408. The normalized spacial score (nSPS) is 14.7. The lowest BCUT2D eigenvalue weighted by Gasteiger charge is -2.17. The van der Waals surface area contributed by atoms with Crippen molar-refractivity contribution in [2.75, 3.05) is 37.1 Å². The van der Waals surface area contributed by atoms with Gasteiger partial charge in [0.1, 0.15) is 23.0 Å². The summed E-state index contributed by atoms with van der Waals surface area (Å²) in [6.45, 7) is 2.01. The van der Waals surface area contributed by atoms with Gasteiger partial charge in [-0.2, -0.15) is 0 Å². The molecular weight excluding hydrogens is 476 g/mol. The number of nitrogens with zero attached hydrogens (tertiary/aromatic N) is 1. The second-order valence-corrected chi connectivity index (χ2v) is 8.26. The SMILES string of the molecule is CCOc1ccccc1NC(=O)COC(=O)[C@@H]1CC(=O)N(c2ccc(Oc3ccc(OC)cc3)cc2)C1. The van der Waals surface area contributed by atoms with Crippen molar-refractivity contribution >= 4 is 29.2 Å². The Hall–Kier alpha value is -4.53. The van der Waals surface area contributed by atoms with Gasteiger partial charge in [0.05, 0.1) is 25.3 Å². The van der Waals surface area contributed by atoms with Crippen LogP contribution in [-0.4, -0.2) is 44.7 Å². The number of carbonyl (C=O) groups is 3. The Kier molecular flexibility index (Phi) is 8.25. The second kappa shape index (κ2) is 11.9. The third-order valence-electron chi connectivity index (χ3n) is 5.71. The zero-order valence-electron chi connectivity index (χ0n) is 20.6. The minimum absolute atomic E-state index is 0.0116. The van der Waals surface area contributed by atoms with Gasteiger partial charge in [-0.05, 0) is 67.6 Å². The van der Waals surface area contributed by atoms with Gasteiger partial charge in [-0.15, -0.1) is 0 Å². The fourth-order valence-electron chi connectivity index (χ4n) is 3.88. The number of para-hydroxylation sites is 2. The number of amides is 2. The summed E-state index contributed by atoms with van der Waals surface area (Å²) in [6, 6.07) is 21.2. The standard InChI is InChI=1S/C28H28N2O7/c1-3-35-25-7-5-4-6-24(25)29-26(31)18-36-28(33)19-16-27(32)30(17-19)20-8-10-22(11-9-20)37-23-14-12-21(34-2)13-15-23/h4-15,19H,3,16-18H2,1-2H3,(H,29,31)/t19-/m1/s1. The van der Waals surface area contributed by atoms with Crippen molar-refractivity contribution in [1.29, 1.82) is 0 Å². The van der Waals surface area contributed by atoms with Gasteiger partial charge in [-0.1, -0.05) is 12.1 Å². The first-order valence-electron chi connectivity index (χ1n) is 11.9. The molecule has 4 rings (SSSR count). The van der Waals surface area contributed by atoms with E-state index in [0.29, 0.717) is 35.2 Å². The maximum atomic E-state index is 12.6. The van der Waals surface area contributed by atoms with Crippen molar-refractivity contribution in [3.63, 3.8) is 0 Å². The first-order chi connectivity index (χ1) is 18.0. The second-order valence-electron chi connectivity index (χ2n) is 8.26. The molecule has 3 aromatic rings. The third-order valence-corrected chi connectivity index (χ3v) is 5.71. The van der Waals surface area contributed by atoms with Gasteiger partial charge in [0.25, 0.3) is 5.91 Å². The first-order valence-corrected chi connectivity index (χ1v) is 11.9. The molecule has 0 spiro atoms. The van der Waals surface area contributed by atoms with E-state index in [1.54, 1.807) is 79.9 Å². The molecule has 9 nitrogen and oxygen atoms in total. The molecule has 0 saturated carbocycles. The number of benzene rings is 3. The van der Waals surface area contributed by atoms with Gasteiger partial charge in [0.2, 0.25) is 5.91 Å². The van der Waals surface area contributed by atoms with E-state index in [-0.39, 0.29) is 18.9 Å². The minimum Gasteiger partial charge on any atom is -0.497 e. The minimum atomic E-state index is -0.661. The van der Waals surface area contributed by atoms with E-state index < -0.39 is 24.4 Å². The molecule has 0 aromatic heterocycles. The first kappa shape index (κ1) is 25.6. The molecule has 3 aromatic carbocycles. The number of rotatable bonds is 10. The molecule has 0 radical (unpaired) electrons. The van der Waals surface area contributed by atoms with Crippen LogP contribution in [0.5, 0.6) is 23.0 Å². The number of methoxy groups -OCH3 is 1. The molecule has 0 aliphatic carbocycles. The Morgan fingerprint density at radius 3 is 2.27 bits per heavy atom. The molecule has 1 aliphatic rings. The van der Waals surface area contributed by atoms with Crippen molar-refractivity contribution in [3.05, 3.63) is 72.8 Å². The highest BCUT2D eigenvalue weighted by Crippen LogP contribution is 2.30. The molecule has 1 fully saturated rings. The van der Waals surface area contributed by atoms with Gasteiger partial charge in [0.15, 0.2) is 6.61 Å². The number of esters is 1. The molecule has 1 saturated heterocycles. The number of ether oxygens (including phenoxy) is 4. The van der Waals surface area contributed by atoms with E-state index in [4.69, 9.17) is 18.9 Å². The van der Waals surface area contributed by atoms with Gasteiger partial charge < -0.3 is 29.2 Å². The van der Waals surface area contributed by atoms with Crippen LogP contribution in [0, 0.1) is 5.92 Å². The number of hydrogen-bond acceptors (Lipinski definition) is 7. The molecule has 9 heteroatoms. The van der Waals surface area contributed by atoms with Crippen LogP contribution in [0.15, 0.2) is 72.8 Å². The monoisotopic (exact) mass is 504 g/mol. The van der Waals surface area contributed by atoms with Crippen LogP contribution in [0.4, 0.5) is 11.4 Å². The lowest BCUT2D eigenvalue weighted by molar-refractivity contribution is -0.151. The topological polar surface area (TPSA) is 103 Å². The van der Waals surface area contributed by atoms with Crippen molar-refractivity contribution in [3.8, 4) is 23.0 Å². The number of carbonyl (C=O) groups excluding carboxylic acids is 3. The molecule has 1 heterocycles. The van der Waals surface area contributed by atoms with Crippen LogP contribution in [0.25, 0.3) is 0 Å². The fourth-order valence-corrected chi connectivity index (χ4v) is 3.88. The summed E-state index contributed by atoms with van der Waals surface area (Å²) in [4.78, 5) is 39.0. The van der Waals surface area contributed by atoms with Crippen molar-refractivity contribution < 1.29 is 33.3 Å². The number of anilines is 2. The maximum Gasteiger partial charge on any atom is 0.311 e. The van der Waals surface area contributed by atoms with Crippen LogP contribution in [0.3, 0.4) is 0 Å². The molecule has 2 amide bonds. The molecule has 1 atom stereocenters. The van der Waals surface area contributed by atoms with Crippen LogP contribution in [0.2, 0.25) is 0 Å². The lowest BCUT2D eigenvalue weighted by Crippen LogP contribution is -2.28. The van der Waals surface area contributed by atoms with E-state index in [9.17, 15) is 14.4 Å². The van der Waals surface area contributed by atoms with Crippen LogP contribution < -0.4 is 24.4 Å². The number of hydrogen-bond donors (Lipinski definition) is 1. The smallest absolute Gasteiger partial charge is 0.311 e. The van der Waals surface area contributed by atoms with Gasteiger partial charge in [-0.3, -0.25) is 14.4 Å². The van der Waals surface area contributed by atoms with Gasteiger partial charge >= 0.3 is 5.97 Å². The highest BCUT2D eigenvalue weighted by molar-refractivity contribution is 6.00. The highest BCUT2D eigenvalue weighted by atomic mass is 16.5. The van der Waals surface area contributed by atoms with Gasteiger partial charge in [0, 0.05) is 18.7 Å². The van der Waals surface area contributed by atoms with E-state index in [1.807, 2.05) is 6.92 Å². The summed E-state index contributed by atoms with van der Waals surface area (Å²) in [5.41, 5.74) is 1.14. The number of nitrogens with one attached hydrogen (secondary N) is 1. The molecule has 1 N–H and O–H groups in total. The zero-order chi connectivity index (χ0) is 26.2. The van der Waals surface area contributed by atoms with Crippen molar-refractivity contribution in [2.45, 2.75) is 13.3 Å². The summed E-state index contributed by atoms with van der Waals surface area (Å²) < 4.78 is 21.6. The predicted octanol–water partition coefficient (Wildman–Crippen LogP) is 4.42. The Balaban J connectivity index is 1.28. The molecule has 0 bridgehead atoms. The summed E-state index contributed by atoms with van der Waals surface area (Å²) in [5, 5.41) is 2.68. The summed E-state index contributed by atoms with van der Waals surface area (Å²) in [6.07, 6.45) is 0.0116. The lowest BCUT2D eigenvalue weighted by atomic mass is 10.1. The van der Waals surface area contributed by atoms with E-state index in [2.05, 4.69) is 5.32 Å². The molecular formula is C28H28N2O7. The molecule has 37 heavy (non-hydrogen) atoms. The fraction of sp³-hybridized carbons (Fsp3) is 0.250. The van der Waals surface area contributed by atoms with Crippen LogP contribution in [-0.2, 0) is 19.1 Å². The summed E-state index contributed by atoms with van der Waals surface area (Å²) in [7, 11) is 1.60. The Morgan fingerprint density at radius 1 is 0.946 bits per heavy atom. The summed E-state index contributed by atoms with van der Waals surface area (Å²) in [5.74, 6) is 0.579. The maximum absolute atomic E-state index is 12.6. The third kappa shape index (κ3) is 6.58. The predicted molar refractivity (Wildman–Crippen MR) is 137 cm³/mol.